The van der Waals surface area contributed by atoms with Crippen molar-refractivity contribution in [2.24, 2.45) is 0 Å². The summed E-state index contributed by atoms with van der Waals surface area (Å²) < 4.78 is 5.09. The molecule has 0 atom stereocenters. The van der Waals surface area contributed by atoms with Crippen LogP contribution in [0.2, 0.25) is 0 Å². The lowest BCUT2D eigenvalue weighted by atomic mass is 10.3. The summed E-state index contributed by atoms with van der Waals surface area (Å²) in [6.45, 7) is 0. The van der Waals surface area contributed by atoms with Crippen LogP contribution in [0.3, 0.4) is 0 Å². The number of carbonyl (C=O) groups is 1. The van der Waals surface area contributed by atoms with E-state index in [9.17, 15) is 4.79 Å². The number of nitriles is 1. The molecule has 0 aliphatic rings. The molecule has 0 unspecified atom stereocenters. The molecule has 1 N–H and O–H groups in total. The molecule has 0 aliphatic heterocycles. The van der Waals surface area contributed by atoms with Crippen LogP contribution < -0.4 is 0 Å². The number of carboxylic acid groups (broad SMARTS) is 1. The molecule has 2 aromatic rings. The number of hydrogen-bond donors (Lipinski definition) is 1. The highest BCUT2D eigenvalue weighted by molar-refractivity contribution is 7.15. The fourth-order valence-electron chi connectivity index (χ4n) is 1.11. The third-order valence-electron chi connectivity index (χ3n) is 1.81. The Morgan fingerprint density at radius 1 is 1.53 bits per heavy atom. The molecule has 2 aromatic heterocycles. The lowest BCUT2D eigenvalue weighted by Gasteiger charge is -1.85. The van der Waals surface area contributed by atoms with Crippen molar-refractivity contribution in [2.75, 3.05) is 0 Å². The minimum Gasteiger partial charge on any atom is -0.478 e. The second-order valence-corrected chi connectivity index (χ2v) is 3.86. The molecule has 2 heterocycles. The standard InChI is InChI=1S/C10H5NO3S/c11-4-7-1-2-9(15-7)8-3-6(5-14-8)10(12)13/h1-3,5H,(H,12,13). The molecule has 2 rings (SSSR count). The Morgan fingerprint density at radius 3 is 2.87 bits per heavy atom. The minimum atomic E-state index is -1.03. The first-order valence-electron chi connectivity index (χ1n) is 4.03. The average Bonchev–Trinajstić information content (AvgIpc) is 2.86. The van der Waals surface area contributed by atoms with Gasteiger partial charge in [0, 0.05) is 0 Å². The molecule has 0 saturated heterocycles. The second kappa shape index (κ2) is 3.59. The Kier molecular flexibility index (Phi) is 2.27. The summed E-state index contributed by atoms with van der Waals surface area (Å²) in [4.78, 5) is 11.9. The van der Waals surface area contributed by atoms with Crippen LogP contribution in [0.5, 0.6) is 0 Å². The van der Waals surface area contributed by atoms with Crippen LogP contribution in [0.25, 0.3) is 10.6 Å². The maximum absolute atomic E-state index is 10.6. The van der Waals surface area contributed by atoms with E-state index in [0.29, 0.717) is 10.6 Å². The number of carboxylic acids is 1. The summed E-state index contributed by atoms with van der Waals surface area (Å²) in [5.74, 6) is -0.555. The van der Waals surface area contributed by atoms with Crippen LogP contribution >= 0.6 is 11.3 Å². The number of nitrogens with zero attached hydrogens (tertiary/aromatic N) is 1. The minimum absolute atomic E-state index is 0.108. The van der Waals surface area contributed by atoms with Crippen molar-refractivity contribution in [3.63, 3.8) is 0 Å². The summed E-state index contributed by atoms with van der Waals surface area (Å²) >= 11 is 1.26. The smallest absolute Gasteiger partial charge is 0.338 e. The summed E-state index contributed by atoms with van der Waals surface area (Å²) in [7, 11) is 0. The van der Waals surface area contributed by atoms with E-state index < -0.39 is 5.97 Å². The zero-order chi connectivity index (χ0) is 10.8. The maximum atomic E-state index is 10.6. The first-order chi connectivity index (χ1) is 7.20. The molecule has 74 valence electrons. The highest BCUT2D eigenvalue weighted by Crippen LogP contribution is 2.29. The van der Waals surface area contributed by atoms with E-state index in [1.807, 2.05) is 6.07 Å². The average molecular weight is 219 g/mol. The van der Waals surface area contributed by atoms with E-state index in [2.05, 4.69) is 0 Å². The van der Waals surface area contributed by atoms with Crippen molar-refractivity contribution in [1.29, 1.82) is 5.26 Å². The number of furan rings is 1. The van der Waals surface area contributed by atoms with Gasteiger partial charge in [0.1, 0.15) is 23.0 Å². The van der Waals surface area contributed by atoms with E-state index in [1.165, 1.54) is 23.7 Å². The largest absolute Gasteiger partial charge is 0.478 e. The van der Waals surface area contributed by atoms with Crippen LogP contribution in [0.4, 0.5) is 0 Å². The molecule has 0 saturated carbocycles. The Morgan fingerprint density at radius 2 is 2.33 bits per heavy atom. The summed E-state index contributed by atoms with van der Waals surface area (Å²) in [5, 5.41) is 17.3. The highest BCUT2D eigenvalue weighted by atomic mass is 32.1. The van der Waals surface area contributed by atoms with Gasteiger partial charge in [0.15, 0.2) is 0 Å². The van der Waals surface area contributed by atoms with E-state index in [-0.39, 0.29) is 5.56 Å². The van der Waals surface area contributed by atoms with Gasteiger partial charge >= 0.3 is 5.97 Å². The number of aromatic carboxylic acids is 1. The fraction of sp³-hybridized carbons (Fsp3) is 0. The van der Waals surface area contributed by atoms with Gasteiger partial charge in [-0.25, -0.2) is 4.79 Å². The van der Waals surface area contributed by atoms with Crippen molar-refractivity contribution >= 4 is 17.3 Å². The van der Waals surface area contributed by atoms with Crippen molar-refractivity contribution in [3.8, 4) is 16.7 Å². The van der Waals surface area contributed by atoms with Gasteiger partial charge < -0.3 is 9.52 Å². The lowest BCUT2D eigenvalue weighted by molar-refractivity contribution is 0.0696. The van der Waals surface area contributed by atoms with Gasteiger partial charge in [0.25, 0.3) is 0 Å². The zero-order valence-corrected chi connectivity index (χ0v) is 8.25. The third-order valence-corrected chi connectivity index (χ3v) is 2.81. The quantitative estimate of drug-likeness (QED) is 0.842. The summed E-state index contributed by atoms with van der Waals surface area (Å²) in [6, 6.07) is 6.85. The van der Waals surface area contributed by atoms with Crippen LogP contribution in [0.1, 0.15) is 15.2 Å². The normalized spacial score (nSPS) is 9.80. The Balaban J connectivity index is 2.38. The summed E-state index contributed by atoms with van der Waals surface area (Å²) in [5.41, 5.74) is 0.108. The first-order valence-corrected chi connectivity index (χ1v) is 4.84. The van der Waals surface area contributed by atoms with Gasteiger partial charge in [-0.05, 0) is 18.2 Å². The zero-order valence-electron chi connectivity index (χ0n) is 7.43. The van der Waals surface area contributed by atoms with Crippen molar-refractivity contribution in [1.82, 2.24) is 0 Å². The van der Waals surface area contributed by atoms with Crippen molar-refractivity contribution in [3.05, 3.63) is 34.9 Å². The Hall–Kier alpha value is -2.06. The number of thiophene rings is 1. The monoisotopic (exact) mass is 219 g/mol. The third kappa shape index (κ3) is 1.75. The molecule has 0 bridgehead atoms. The second-order valence-electron chi connectivity index (χ2n) is 2.78. The number of hydrogen-bond acceptors (Lipinski definition) is 4. The molecule has 0 aromatic carbocycles. The van der Waals surface area contributed by atoms with Crippen molar-refractivity contribution in [2.45, 2.75) is 0 Å². The molecule has 0 amide bonds. The van der Waals surface area contributed by atoms with E-state index >= 15 is 0 Å². The van der Waals surface area contributed by atoms with Gasteiger partial charge in [-0.3, -0.25) is 0 Å². The van der Waals surface area contributed by atoms with E-state index in [1.54, 1.807) is 12.1 Å². The molecule has 5 heteroatoms. The predicted octanol–water partition coefficient (Wildman–Crippen LogP) is 2.58. The van der Waals surface area contributed by atoms with Gasteiger partial charge in [-0.15, -0.1) is 11.3 Å². The molecule has 0 aliphatic carbocycles. The maximum Gasteiger partial charge on any atom is 0.338 e. The Labute approximate surface area is 89.0 Å². The Bertz CT molecular complexity index is 547. The van der Waals surface area contributed by atoms with Crippen LogP contribution in [0.15, 0.2) is 28.9 Å². The van der Waals surface area contributed by atoms with Gasteiger partial charge in [0.05, 0.1) is 10.4 Å². The van der Waals surface area contributed by atoms with Crippen LogP contribution in [0, 0.1) is 11.3 Å². The molecular formula is C10H5NO3S. The van der Waals surface area contributed by atoms with Crippen LogP contribution in [-0.4, -0.2) is 11.1 Å². The SMILES string of the molecule is N#Cc1ccc(-c2cc(C(=O)O)co2)s1. The van der Waals surface area contributed by atoms with E-state index in [4.69, 9.17) is 14.8 Å². The highest BCUT2D eigenvalue weighted by Gasteiger charge is 2.11. The lowest BCUT2D eigenvalue weighted by Crippen LogP contribution is -1.91. The van der Waals surface area contributed by atoms with Gasteiger partial charge in [0.2, 0.25) is 0 Å². The molecule has 0 fully saturated rings. The molecular weight excluding hydrogens is 214 g/mol. The first kappa shape index (κ1) is 9.49. The molecule has 0 spiro atoms. The van der Waals surface area contributed by atoms with Gasteiger partial charge in [-0.1, -0.05) is 0 Å². The topological polar surface area (TPSA) is 74.2 Å². The number of rotatable bonds is 2. The predicted molar refractivity (Wildman–Crippen MR) is 53.7 cm³/mol. The molecule has 15 heavy (non-hydrogen) atoms. The molecule has 4 nitrogen and oxygen atoms in total. The van der Waals surface area contributed by atoms with Crippen LogP contribution in [-0.2, 0) is 0 Å². The fourth-order valence-corrected chi connectivity index (χ4v) is 1.87. The molecule has 0 radical (unpaired) electrons. The van der Waals surface area contributed by atoms with E-state index in [0.717, 1.165) is 4.88 Å². The van der Waals surface area contributed by atoms with Gasteiger partial charge in [-0.2, -0.15) is 5.26 Å². The summed E-state index contributed by atoms with van der Waals surface area (Å²) in [6.07, 6.45) is 1.18. The van der Waals surface area contributed by atoms with Crippen molar-refractivity contribution < 1.29 is 14.3 Å².